The number of hydrogen-bond acceptors (Lipinski definition) is 3. The average Bonchev–Trinajstić information content (AvgIpc) is 2.79. The van der Waals surface area contributed by atoms with Crippen LogP contribution in [0.3, 0.4) is 0 Å². The predicted octanol–water partition coefficient (Wildman–Crippen LogP) is 6.58. The number of benzene rings is 3. The molecule has 0 aliphatic carbocycles. The second kappa shape index (κ2) is 9.26. The standard InChI is InChI=1S/C27H27ClN2O2S/c1-27(2,3)23-13-15-24(16-14-23)33(31,32)30(18-20-9-5-4-6-10-20)19-22-17-21-11-7-8-12-25(21)29-26(22)28/h4-17H,18-19H2,1-3H3. The Kier molecular flexibility index (Phi) is 6.57. The molecule has 1 aromatic heterocycles. The number of aromatic nitrogens is 1. The molecule has 0 N–H and O–H groups in total. The van der Waals surface area contributed by atoms with Crippen LogP contribution in [0.5, 0.6) is 0 Å². The fraction of sp³-hybridized carbons (Fsp3) is 0.222. The fourth-order valence-electron chi connectivity index (χ4n) is 3.73. The van der Waals surface area contributed by atoms with E-state index in [1.165, 1.54) is 4.31 Å². The summed E-state index contributed by atoms with van der Waals surface area (Å²) < 4.78 is 28.9. The van der Waals surface area contributed by atoms with Gasteiger partial charge >= 0.3 is 0 Å². The van der Waals surface area contributed by atoms with Crippen molar-refractivity contribution in [1.29, 1.82) is 0 Å². The molecule has 6 heteroatoms. The first-order valence-corrected chi connectivity index (χ1v) is 12.7. The van der Waals surface area contributed by atoms with Crippen LogP contribution in [0, 0.1) is 0 Å². The highest BCUT2D eigenvalue weighted by molar-refractivity contribution is 7.89. The molecule has 3 aromatic carbocycles. The van der Waals surface area contributed by atoms with Gasteiger partial charge in [-0.1, -0.05) is 93.0 Å². The van der Waals surface area contributed by atoms with E-state index < -0.39 is 10.0 Å². The zero-order chi connectivity index (χ0) is 23.6. The largest absolute Gasteiger partial charge is 0.243 e. The lowest BCUT2D eigenvalue weighted by Gasteiger charge is -2.24. The van der Waals surface area contributed by atoms with Gasteiger partial charge in [0.1, 0.15) is 5.15 Å². The number of para-hydroxylation sites is 1. The summed E-state index contributed by atoms with van der Waals surface area (Å²) in [7, 11) is -3.78. The van der Waals surface area contributed by atoms with Crippen molar-refractivity contribution in [2.75, 3.05) is 0 Å². The Balaban J connectivity index is 1.74. The van der Waals surface area contributed by atoms with Crippen molar-refractivity contribution in [1.82, 2.24) is 9.29 Å². The molecule has 0 aliphatic heterocycles. The molecule has 0 saturated carbocycles. The summed E-state index contributed by atoms with van der Waals surface area (Å²) >= 11 is 6.48. The molecule has 0 unspecified atom stereocenters. The molecular formula is C27H27ClN2O2S. The van der Waals surface area contributed by atoms with Crippen molar-refractivity contribution in [2.24, 2.45) is 0 Å². The van der Waals surface area contributed by atoms with Crippen LogP contribution in [0.1, 0.15) is 37.5 Å². The van der Waals surface area contributed by atoms with E-state index in [4.69, 9.17) is 11.6 Å². The number of sulfonamides is 1. The number of rotatable bonds is 6. The van der Waals surface area contributed by atoms with Gasteiger partial charge in [-0.15, -0.1) is 0 Å². The van der Waals surface area contributed by atoms with Crippen molar-refractivity contribution >= 4 is 32.5 Å². The zero-order valence-electron chi connectivity index (χ0n) is 19.0. The summed E-state index contributed by atoms with van der Waals surface area (Å²) in [6, 6.07) is 26.3. The Hall–Kier alpha value is -2.73. The van der Waals surface area contributed by atoms with E-state index in [2.05, 4.69) is 25.8 Å². The van der Waals surface area contributed by atoms with Gasteiger partial charge in [-0.2, -0.15) is 4.31 Å². The molecule has 0 spiro atoms. The van der Waals surface area contributed by atoms with E-state index in [1.807, 2.05) is 72.8 Å². The van der Waals surface area contributed by atoms with E-state index >= 15 is 0 Å². The van der Waals surface area contributed by atoms with Gasteiger partial charge in [-0.25, -0.2) is 13.4 Å². The molecule has 0 amide bonds. The third kappa shape index (κ3) is 5.27. The highest BCUT2D eigenvalue weighted by Gasteiger charge is 2.27. The molecule has 33 heavy (non-hydrogen) atoms. The molecular weight excluding hydrogens is 452 g/mol. The summed E-state index contributed by atoms with van der Waals surface area (Å²) in [6.45, 7) is 6.66. The van der Waals surface area contributed by atoms with Crippen LogP contribution in [-0.2, 0) is 28.5 Å². The van der Waals surface area contributed by atoms with Gasteiger partial charge in [-0.05, 0) is 40.8 Å². The second-order valence-corrected chi connectivity index (χ2v) is 11.5. The van der Waals surface area contributed by atoms with Crippen LogP contribution in [0.25, 0.3) is 10.9 Å². The van der Waals surface area contributed by atoms with E-state index in [-0.39, 0.29) is 23.4 Å². The molecule has 0 bridgehead atoms. The monoisotopic (exact) mass is 478 g/mol. The minimum atomic E-state index is -3.78. The van der Waals surface area contributed by atoms with Crippen LogP contribution >= 0.6 is 11.6 Å². The molecule has 0 fully saturated rings. The summed E-state index contributed by atoms with van der Waals surface area (Å²) in [5, 5.41) is 1.23. The summed E-state index contributed by atoms with van der Waals surface area (Å²) in [6.07, 6.45) is 0. The Morgan fingerprint density at radius 3 is 2.15 bits per heavy atom. The molecule has 0 atom stereocenters. The van der Waals surface area contributed by atoms with Crippen molar-refractivity contribution in [3.05, 3.63) is 107 Å². The number of hydrogen-bond donors (Lipinski definition) is 0. The summed E-state index contributed by atoms with van der Waals surface area (Å²) in [5.74, 6) is 0. The Morgan fingerprint density at radius 1 is 0.848 bits per heavy atom. The Bertz CT molecular complexity index is 1360. The van der Waals surface area contributed by atoms with Crippen molar-refractivity contribution in [3.63, 3.8) is 0 Å². The van der Waals surface area contributed by atoms with Crippen LogP contribution in [0.2, 0.25) is 5.15 Å². The SMILES string of the molecule is CC(C)(C)c1ccc(S(=O)(=O)N(Cc2ccccc2)Cc2cc3ccccc3nc2Cl)cc1. The maximum Gasteiger partial charge on any atom is 0.243 e. The fourth-order valence-corrected chi connectivity index (χ4v) is 5.34. The highest BCUT2D eigenvalue weighted by atomic mass is 35.5. The lowest BCUT2D eigenvalue weighted by molar-refractivity contribution is 0.401. The molecule has 4 rings (SSSR count). The minimum Gasteiger partial charge on any atom is -0.236 e. The summed E-state index contributed by atoms with van der Waals surface area (Å²) in [4.78, 5) is 4.73. The number of halogens is 1. The Labute approximate surface area is 200 Å². The van der Waals surface area contributed by atoms with E-state index in [0.29, 0.717) is 10.7 Å². The Morgan fingerprint density at radius 2 is 1.48 bits per heavy atom. The molecule has 0 saturated heterocycles. The molecule has 4 aromatic rings. The normalized spacial score (nSPS) is 12.4. The maximum atomic E-state index is 13.7. The van der Waals surface area contributed by atoms with Gasteiger partial charge in [0, 0.05) is 24.0 Å². The van der Waals surface area contributed by atoms with Gasteiger partial charge in [0.05, 0.1) is 10.4 Å². The van der Waals surface area contributed by atoms with E-state index in [0.717, 1.165) is 22.0 Å². The minimum absolute atomic E-state index is 0.0592. The summed E-state index contributed by atoms with van der Waals surface area (Å²) in [5.41, 5.74) is 3.37. The van der Waals surface area contributed by atoms with Crippen LogP contribution in [0.15, 0.2) is 89.8 Å². The number of pyridine rings is 1. The van der Waals surface area contributed by atoms with E-state index in [9.17, 15) is 8.42 Å². The smallest absolute Gasteiger partial charge is 0.236 e. The zero-order valence-corrected chi connectivity index (χ0v) is 20.6. The lowest BCUT2D eigenvalue weighted by atomic mass is 9.87. The topological polar surface area (TPSA) is 50.3 Å². The third-order valence-electron chi connectivity index (χ3n) is 5.66. The first-order valence-electron chi connectivity index (χ1n) is 10.8. The van der Waals surface area contributed by atoms with Gasteiger partial charge in [-0.3, -0.25) is 0 Å². The third-order valence-corrected chi connectivity index (χ3v) is 7.79. The quantitative estimate of drug-likeness (QED) is 0.294. The molecule has 0 radical (unpaired) electrons. The molecule has 1 heterocycles. The number of nitrogens with zero attached hydrogens (tertiary/aromatic N) is 2. The maximum absolute atomic E-state index is 13.7. The van der Waals surface area contributed by atoms with Crippen molar-refractivity contribution < 1.29 is 8.42 Å². The van der Waals surface area contributed by atoms with E-state index in [1.54, 1.807) is 12.1 Å². The highest BCUT2D eigenvalue weighted by Crippen LogP contribution is 2.28. The van der Waals surface area contributed by atoms with Crippen LogP contribution in [-0.4, -0.2) is 17.7 Å². The second-order valence-electron chi connectivity index (χ2n) is 9.16. The predicted molar refractivity (Wildman–Crippen MR) is 135 cm³/mol. The molecule has 4 nitrogen and oxygen atoms in total. The van der Waals surface area contributed by atoms with Crippen LogP contribution < -0.4 is 0 Å². The van der Waals surface area contributed by atoms with Crippen molar-refractivity contribution in [3.8, 4) is 0 Å². The van der Waals surface area contributed by atoms with Gasteiger partial charge < -0.3 is 0 Å². The van der Waals surface area contributed by atoms with Crippen molar-refractivity contribution in [2.45, 2.75) is 44.2 Å². The van der Waals surface area contributed by atoms with Gasteiger partial charge in [0.2, 0.25) is 10.0 Å². The average molecular weight is 479 g/mol. The van der Waals surface area contributed by atoms with Gasteiger partial charge in [0.15, 0.2) is 0 Å². The molecule has 170 valence electrons. The molecule has 0 aliphatic rings. The first kappa shape index (κ1) is 23.4. The number of fused-ring (bicyclic) bond motifs is 1. The van der Waals surface area contributed by atoms with Crippen LogP contribution in [0.4, 0.5) is 0 Å². The van der Waals surface area contributed by atoms with Gasteiger partial charge in [0.25, 0.3) is 0 Å². The first-order chi connectivity index (χ1) is 15.6. The lowest BCUT2D eigenvalue weighted by Crippen LogP contribution is -2.30.